The Morgan fingerprint density at radius 2 is 2.11 bits per heavy atom. The number of rotatable bonds is 3. The highest BCUT2D eigenvalue weighted by Gasteiger charge is 2.34. The van der Waals surface area contributed by atoms with Crippen molar-refractivity contribution in [1.82, 2.24) is 14.9 Å². The fourth-order valence-electron chi connectivity index (χ4n) is 2.59. The largest absolute Gasteiger partial charge is 0.379 e. The third-order valence-corrected chi connectivity index (χ3v) is 3.57. The molecule has 19 heavy (non-hydrogen) atoms. The van der Waals surface area contributed by atoms with E-state index < -0.39 is 0 Å². The first-order valence-electron chi connectivity index (χ1n) is 6.57. The van der Waals surface area contributed by atoms with Gasteiger partial charge in [-0.1, -0.05) is 0 Å². The van der Waals surface area contributed by atoms with Gasteiger partial charge in [-0.05, 0) is 6.07 Å². The zero-order chi connectivity index (χ0) is 13.1. The minimum atomic E-state index is 0.229. The maximum Gasteiger partial charge on any atom is 0.221 e. The number of anilines is 2. The van der Waals surface area contributed by atoms with E-state index in [0.29, 0.717) is 12.6 Å². The molecule has 0 amide bonds. The standard InChI is InChI=1S/C12H19N5O2/c13-12-14-2-1-11(16-12)15-9-7-19-8-10(9)17-3-5-18-6-4-17/h1-2,9-10H,3-8H2,(H3,13,14,15,16)/t9-,10-/m0/s1. The minimum Gasteiger partial charge on any atom is -0.379 e. The molecule has 0 unspecified atom stereocenters. The molecule has 0 saturated carbocycles. The van der Waals surface area contributed by atoms with Crippen LogP contribution >= 0.6 is 0 Å². The Labute approximate surface area is 112 Å². The number of nitrogens with one attached hydrogen (secondary N) is 1. The Bertz CT molecular complexity index is 424. The van der Waals surface area contributed by atoms with Crippen molar-refractivity contribution < 1.29 is 9.47 Å². The van der Waals surface area contributed by atoms with E-state index >= 15 is 0 Å². The second-order valence-electron chi connectivity index (χ2n) is 4.80. The third-order valence-electron chi connectivity index (χ3n) is 3.57. The number of hydrogen-bond donors (Lipinski definition) is 2. The van der Waals surface area contributed by atoms with Gasteiger partial charge in [-0.2, -0.15) is 4.98 Å². The Morgan fingerprint density at radius 3 is 2.89 bits per heavy atom. The van der Waals surface area contributed by atoms with Crippen LogP contribution in [0.5, 0.6) is 0 Å². The Hall–Kier alpha value is -1.44. The van der Waals surface area contributed by atoms with E-state index in [9.17, 15) is 0 Å². The van der Waals surface area contributed by atoms with E-state index in [-0.39, 0.29) is 12.0 Å². The average Bonchev–Trinajstić information content (AvgIpc) is 2.88. The molecule has 2 aliphatic heterocycles. The summed E-state index contributed by atoms with van der Waals surface area (Å²) in [5.74, 6) is 1.04. The van der Waals surface area contributed by atoms with Gasteiger partial charge in [0.05, 0.1) is 38.5 Å². The van der Waals surface area contributed by atoms with E-state index in [1.807, 2.05) is 6.07 Å². The molecule has 0 spiro atoms. The summed E-state index contributed by atoms with van der Waals surface area (Å²) in [6.07, 6.45) is 1.66. The lowest BCUT2D eigenvalue weighted by Gasteiger charge is -2.34. The molecular weight excluding hydrogens is 246 g/mol. The first-order valence-corrected chi connectivity index (χ1v) is 6.57. The van der Waals surface area contributed by atoms with E-state index in [4.69, 9.17) is 15.2 Å². The molecule has 1 aromatic rings. The van der Waals surface area contributed by atoms with Crippen molar-refractivity contribution in [3.05, 3.63) is 12.3 Å². The molecule has 2 saturated heterocycles. The number of ether oxygens (including phenoxy) is 2. The summed E-state index contributed by atoms with van der Waals surface area (Å²) >= 11 is 0. The summed E-state index contributed by atoms with van der Waals surface area (Å²) in [5.41, 5.74) is 5.59. The Morgan fingerprint density at radius 1 is 1.26 bits per heavy atom. The topological polar surface area (TPSA) is 85.5 Å². The van der Waals surface area contributed by atoms with Crippen molar-refractivity contribution in [2.24, 2.45) is 0 Å². The lowest BCUT2D eigenvalue weighted by atomic mass is 10.1. The van der Waals surface area contributed by atoms with Crippen molar-refractivity contribution in [3.63, 3.8) is 0 Å². The van der Waals surface area contributed by atoms with Crippen LogP contribution in [0.1, 0.15) is 0 Å². The predicted molar refractivity (Wildman–Crippen MR) is 70.9 cm³/mol. The van der Waals surface area contributed by atoms with Crippen LogP contribution in [-0.4, -0.2) is 66.5 Å². The summed E-state index contributed by atoms with van der Waals surface area (Å²) in [7, 11) is 0. The normalized spacial score (nSPS) is 28.4. The second kappa shape index (κ2) is 5.68. The molecule has 3 heterocycles. The van der Waals surface area contributed by atoms with Crippen LogP contribution in [0.3, 0.4) is 0 Å². The smallest absolute Gasteiger partial charge is 0.221 e. The molecule has 7 heteroatoms. The van der Waals surface area contributed by atoms with E-state index in [2.05, 4.69) is 20.2 Å². The monoisotopic (exact) mass is 265 g/mol. The highest BCUT2D eigenvalue weighted by Crippen LogP contribution is 2.18. The number of nitrogens with two attached hydrogens (primary N) is 1. The molecule has 0 radical (unpaired) electrons. The van der Waals surface area contributed by atoms with Gasteiger partial charge in [0.1, 0.15) is 5.82 Å². The fraction of sp³-hybridized carbons (Fsp3) is 0.667. The zero-order valence-corrected chi connectivity index (χ0v) is 10.8. The molecule has 2 aliphatic rings. The van der Waals surface area contributed by atoms with Gasteiger partial charge >= 0.3 is 0 Å². The molecule has 0 aliphatic carbocycles. The molecule has 3 rings (SSSR count). The van der Waals surface area contributed by atoms with Gasteiger partial charge in [0.25, 0.3) is 0 Å². The van der Waals surface area contributed by atoms with Crippen LogP contribution in [0.25, 0.3) is 0 Å². The highest BCUT2D eigenvalue weighted by atomic mass is 16.5. The lowest BCUT2D eigenvalue weighted by Crippen LogP contribution is -2.50. The van der Waals surface area contributed by atoms with Crippen LogP contribution in [0.15, 0.2) is 12.3 Å². The molecule has 2 atom stereocenters. The number of aromatic nitrogens is 2. The van der Waals surface area contributed by atoms with Gasteiger partial charge < -0.3 is 20.5 Å². The van der Waals surface area contributed by atoms with Gasteiger partial charge in [-0.3, -0.25) is 4.90 Å². The number of nitrogens with zero attached hydrogens (tertiary/aromatic N) is 3. The van der Waals surface area contributed by atoms with Crippen LogP contribution in [0.2, 0.25) is 0 Å². The molecule has 0 aromatic carbocycles. The fourth-order valence-corrected chi connectivity index (χ4v) is 2.59. The summed E-state index contributed by atoms with van der Waals surface area (Å²) in [6.45, 7) is 4.94. The molecular formula is C12H19N5O2. The van der Waals surface area contributed by atoms with E-state index in [1.165, 1.54) is 0 Å². The maximum atomic E-state index is 5.61. The molecule has 104 valence electrons. The summed E-state index contributed by atoms with van der Waals surface area (Å²) in [4.78, 5) is 10.5. The average molecular weight is 265 g/mol. The molecule has 2 fully saturated rings. The molecule has 0 bridgehead atoms. The second-order valence-corrected chi connectivity index (χ2v) is 4.80. The van der Waals surface area contributed by atoms with Crippen LogP contribution in [0, 0.1) is 0 Å². The van der Waals surface area contributed by atoms with Crippen LogP contribution in [0.4, 0.5) is 11.8 Å². The number of hydrogen-bond acceptors (Lipinski definition) is 7. The summed E-state index contributed by atoms with van der Waals surface area (Å²) in [5, 5.41) is 3.39. The third kappa shape index (κ3) is 2.94. The minimum absolute atomic E-state index is 0.229. The van der Waals surface area contributed by atoms with Crippen LogP contribution < -0.4 is 11.1 Å². The Kier molecular flexibility index (Phi) is 3.77. The van der Waals surface area contributed by atoms with E-state index in [1.54, 1.807) is 6.20 Å². The SMILES string of the molecule is Nc1nccc(N[C@H]2COC[C@@H]2N2CCOCC2)n1. The van der Waals surface area contributed by atoms with Crippen molar-refractivity contribution in [2.45, 2.75) is 12.1 Å². The van der Waals surface area contributed by atoms with Crippen molar-refractivity contribution in [2.75, 3.05) is 50.6 Å². The zero-order valence-electron chi connectivity index (χ0n) is 10.8. The Balaban J connectivity index is 1.65. The summed E-state index contributed by atoms with van der Waals surface area (Å²) in [6, 6.07) is 2.41. The lowest BCUT2D eigenvalue weighted by molar-refractivity contribution is 0.0130. The molecule has 1 aromatic heterocycles. The van der Waals surface area contributed by atoms with Crippen LogP contribution in [-0.2, 0) is 9.47 Å². The summed E-state index contributed by atoms with van der Waals surface area (Å²) < 4.78 is 11.0. The molecule has 7 nitrogen and oxygen atoms in total. The van der Waals surface area contributed by atoms with Crippen molar-refractivity contribution >= 4 is 11.8 Å². The number of nitrogen functional groups attached to an aromatic ring is 1. The maximum absolute atomic E-state index is 5.61. The van der Waals surface area contributed by atoms with Crippen molar-refractivity contribution in [3.8, 4) is 0 Å². The predicted octanol–water partition coefficient (Wildman–Crippen LogP) is -0.430. The van der Waals surface area contributed by atoms with Gasteiger partial charge in [0.2, 0.25) is 5.95 Å². The van der Waals surface area contributed by atoms with E-state index in [0.717, 1.165) is 38.7 Å². The number of morpholine rings is 1. The first-order chi connectivity index (χ1) is 9.33. The molecule has 3 N–H and O–H groups in total. The quantitative estimate of drug-likeness (QED) is 0.767. The highest BCUT2D eigenvalue weighted by molar-refractivity contribution is 5.39. The van der Waals surface area contributed by atoms with Gasteiger partial charge in [0, 0.05) is 19.3 Å². The van der Waals surface area contributed by atoms with Gasteiger partial charge in [-0.15, -0.1) is 0 Å². The van der Waals surface area contributed by atoms with Gasteiger partial charge in [-0.25, -0.2) is 4.98 Å². The first kappa shape index (κ1) is 12.6. The van der Waals surface area contributed by atoms with Crippen molar-refractivity contribution in [1.29, 1.82) is 0 Å². The van der Waals surface area contributed by atoms with Gasteiger partial charge in [0.15, 0.2) is 0 Å².